The van der Waals surface area contributed by atoms with E-state index < -0.39 is 11.9 Å². The fourth-order valence-electron chi connectivity index (χ4n) is 1.73. The van der Waals surface area contributed by atoms with Crippen LogP contribution in [-0.4, -0.2) is 4.98 Å². The van der Waals surface area contributed by atoms with Gasteiger partial charge >= 0.3 is 6.18 Å². The molecule has 0 aliphatic rings. The monoisotopic (exact) mass is 344 g/mol. The molecule has 0 spiro atoms. The predicted molar refractivity (Wildman–Crippen MR) is 75.4 cm³/mol. The highest BCUT2D eigenvalue weighted by Crippen LogP contribution is 2.29. The van der Waals surface area contributed by atoms with Gasteiger partial charge in [0.15, 0.2) is 0 Å². The van der Waals surface area contributed by atoms with Gasteiger partial charge in [-0.25, -0.2) is 4.98 Å². The summed E-state index contributed by atoms with van der Waals surface area (Å²) in [6.45, 7) is 1.87. The zero-order valence-corrected chi connectivity index (χ0v) is 12.2. The van der Waals surface area contributed by atoms with Crippen LogP contribution in [-0.2, 0) is 6.18 Å². The van der Waals surface area contributed by atoms with Gasteiger partial charge in [0.25, 0.3) is 0 Å². The van der Waals surface area contributed by atoms with Crippen molar-refractivity contribution < 1.29 is 13.2 Å². The minimum atomic E-state index is -4.43. The first kappa shape index (κ1) is 14.8. The fourth-order valence-corrected chi connectivity index (χ4v) is 1.99. The molecule has 2 nitrogen and oxygen atoms in total. The molecule has 2 rings (SSSR count). The van der Waals surface area contributed by atoms with Crippen LogP contribution in [0.1, 0.15) is 24.2 Å². The largest absolute Gasteiger partial charge is 0.433 e. The Morgan fingerprint density at radius 2 is 1.75 bits per heavy atom. The van der Waals surface area contributed by atoms with Gasteiger partial charge in [0.1, 0.15) is 11.5 Å². The summed E-state index contributed by atoms with van der Waals surface area (Å²) >= 11 is 3.33. The third-order valence-electron chi connectivity index (χ3n) is 2.77. The summed E-state index contributed by atoms with van der Waals surface area (Å²) in [4.78, 5) is 3.58. The van der Waals surface area contributed by atoms with E-state index in [9.17, 15) is 13.2 Å². The van der Waals surface area contributed by atoms with E-state index in [1.807, 2.05) is 31.2 Å². The molecule has 0 saturated heterocycles. The van der Waals surface area contributed by atoms with Crippen LogP contribution in [0.5, 0.6) is 0 Å². The Balaban J connectivity index is 2.15. The summed E-state index contributed by atoms with van der Waals surface area (Å²) in [7, 11) is 0. The van der Waals surface area contributed by atoms with Gasteiger partial charge in [-0.05, 0) is 36.8 Å². The molecule has 0 aliphatic heterocycles. The molecule has 20 heavy (non-hydrogen) atoms. The van der Waals surface area contributed by atoms with E-state index in [2.05, 4.69) is 26.2 Å². The molecule has 0 aliphatic carbocycles. The van der Waals surface area contributed by atoms with Crippen LogP contribution in [0.4, 0.5) is 19.0 Å². The highest BCUT2D eigenvalue weighted by molar-refractivity contribution is 9.10. The Bertz CT molecular complexity index is 582. The normalized spacial score (nSPS) is 13.1. The van der Waals surface area contributed by atoms with Gasteiger partial charge in [0.05, 0.1) is 0 Å². The summed E-state index contributed by atoms with van der Waals surface area (Å²) in [5, 5.41) is 2.96. The van der Waals surface area contributed by atoms with Crippen LogP contribution >= 0.6 is 15.9 Å². The van der Waals surface area contributed by atoms with Crippen molar-refractivity contribution in [1.29, 1.82) is 0 Å². The van der Waals surface area contributed by atoms with Gasteiger partial charge in [0, 0.05) is 10.5 Å². The average Bonchev–Trinajstić information content (AvgIpc) is 2.38. The topological polar surface area (TPSA) is 24.9 Å². The standard InChI is InChI=1S/C14H12BrF3N2/c1-9(10-5-7-11(15)8-6-10)19-13-4-2-3-12(20-13)14(16,17)18/h2-9H,1H3,(H,19,20). The molecule has 0 saturated carbocycles. The SMILES string of the molecule is CC(Nc1cccc(C(F)(F)F)n1)c1ccc(Br)cc1. The molecule has 2 aromatic rings. The number of hydrogen-bond acceptors (Lipinski definition) is 2. The van der Waals surface area contributed by atoms with E-state index in [-0.39, 0.29) is 11.9 Å². The van der Waals surface area contributed by atoms with Crippen LogP contribution in [0.15, 0.2) is 46.9 Å². The molecule has 1 atom stereocenters. The summed E-state index contributed by atoms with van der Waals surface area (Å²) in [5.41, 5.74) is 0.0675. The number of benzene rings is 1. The lowest BCUT2D eigenvalue weighted by molar-refractivity contribution is -0.141. The van der Waals surface area contributed by atoms with Crippen LogP contribution in [0.25, 0.3) is 0 Å². The number of halogens is 4. The van der Waals surface area contributed by atoms with E-state index in [4.69, 9.17) is 0 Å². The molecule has 1 heterocycles. The van der Waals surface area contributed by atoms with Gasteiger partial charge < -0.3 is 5.32 Å². The number of hydrogen-bond donors (Lipinski definition) is 1. The molecule has 6 heteroatoms. The summed E-state index contributed by atoms with van der Waals surface area (Å²) < 4.78 is 38.7. The van der Waals surface area contributed by atoms with Crippen molar-refractivity contribution in [3.63, 3.8) is 0 Å². The number of aromatic nitrogens is 1. The number of pyridine rings is 1. The lowest BCUT2D eigenvalue weighted by Crippen LogP contribution is -2.12. The Hall–Kier alpha value is -1.56. The first-order valence-electron chi connectivity index (χ1n) is 5.92. The Morgan fingerprint density at radius 1 is 1.10 bits per heavy atom. The van der Waals surface area contributed by atoms with E-state index in [0.29, 0.717) is 0 Å². The molecular formula is C14H12BrF3N2. The lowest BCUT2D eigenvalue weighted by Gasteiger charge is -2.16. The second-order valence-electron chi connectivity index (χ2n) is 4.32. The van der Waals surface area contributed by atoms with Crippen LogP contribution < -0.4 is 5.32 Å². The maximum absolute atomic E-state index is 12.6. The van der Waals surface area contributed by atoms with E-state index in [1.54, 1.807) is 0 Å². The van der Waals surface area contributed by atoms with Gasteiger partial charge in [-0.1, -0.05) is 34.1 Å². The van der Waals surface area contributed by atoms with E-state index in [0.717, 1.165) is 16.1 Å². The highest BCUT2D eigenvalue weighted by atomic mass is 79.9. The molecule has 0 amide bonds. The van der Waals surface area contributed by atoms with Crippen molar-refractivity contribution in [3.8, 4) is 0 Å². The van der Waals surface area contributed by atoms with Gasteiger partial charge in [-0.15, -0.1) is 0 Å². The van der Waals surface area contributed by atoms with Gasteiger partial charge in [-0.2, -0.15) is 13.2 Å². The molecule has 106 valence electrons. The molecule has 0 bridgehead atoms. The first-order valence-corrected chi connectivity index (χ1v) is 6.72. The third-order valence-corrected chi connectivity index (χ3v) is 3.30. The van der Waals surface area contributed by atoms with Crippen LogP contribution in [0.3, 0.4) is 0 Å². The van der Waals surface area contributed by atoms with Crippen molar-refractivity contribution in [1.82, 2.24) is 4.98 Å². The quantitative estimate of drug-likeness (QED) is 0.843. The van der Waals surface area contributed by atoms with Crippen molar-refractivity contribution in [3.05, 3.63) is 58.2 Å². The lowest BCUT2D eigenvalue weighted by atomic mass is 10.1. The number of nitrogens with zero attached hydrogens (tertiary/aromatic N) is 1. The summed E-state index contributed by atoms with van der Waals surface area (Å²) in [5.74, 6) is 0.204. The smallest absolute Gasteiger partial charge is 0.364 e. The Morgan fingerprint density at radius 3 is 2.35 bits per heavy atom. The van der Waals surface area contributed by atoms with Crippen LogP contribution in [0.2, 0.25) is 0 Å². The molecule has 1 aromatic carbocycles. The van der Waals surface area contributed by atoms with Crippen molar-refractivity contribution in [2.45, 2.75) is 19.1 Å². The Kier molecular flexibility index (Phi) is 4.32. The molecule has 1 aromatic heterocycles. The number of alkyl halides is 3. The number of rotatable bonds is 3. The van der Waals surface area contributed by atoms with Gasteiger partial charge in [-0.3, -0.25) is 0 Å². The highest BCUT2D eigenvalue weighted by Gasteiger charge is 2.32. The van der Waals surface area contributed by atoms with Crippen LogP contribution in [0, 0.1) is 0 Å². The third kappa shape index (κ3) is 3.72. The Labute approximate surface area is 123 Å². The zero-order chi connectivity index (χ0) is 14.8. The van der Waals surface area contributed by atoms with Gasteiger partial charge in [0.2, 0.25) is 0 Å². The van der Waals surface area contributed by atoms with Crippen molar-refractivity contribution >= 4 is 21.7 Å². The van der Waals surface area contributed by atoms with E-state index >= 15 is 0 Å². The zero-order valence-electron chi connectivity index (χ0n) is 10.6. The molecule has 0 fully saturated rings. The second-order valence-corrected chi connectivity index (χ2v) is 5.24. The maximum atomic E-state index is 12.6. The minimum Gasteiger partial charge on any atom is -0.364 e. The fraction of sp³-hybridized carbons (Fsp3) is 0.214. The molecule has 1 unspecified atom stereocenters. The minimum absolute atomic E-state index is 0.140. The average molecular weight is 345 g/mol. The molecule has 1 N–H and O–H groups in total. The van der Waals surface area contributed by atoms with Crippen molar-refractivity contribution in [2.24, 2.45) is 0 Å². The van der Waals surface area contributed by atoms with Crippen molar-refractivity contribution in [2.75, 3.05) is 5.32 Å². The number of nitrogens with one attached hydrogen (secondary N) is 1. The first-order chi connectivity index (χ1) is 9.36. The molecule has 0 radical (unpaired) electrons. The maximum Gasteiger partial charge on any atom is 0.433 e. The predicted octanol–water partition coefficient (Wildman–Crippen LogP) is 5.04. The molecular weight excluding hydrogens is 333 g/mol. The summed E-state index contributed by atoms with van der Waals surface area (Å²) in [6, 6.07) is 11.2. The summed E-state index contributed by atoms with van der Waals surface area (Å²) in [6.07, 6.45) is -4.43. The second kappa shape index (κ2) is 5.83. The number of anilines is 1. The van der Waals surface area contributed by atoms with E-state index in [1.165, 1.54) is 12.1 Å².